The van der Waals surface area contributed by atoms with Crippen molar-refractivity contribution in [2.45, 2.75) is 6.04 Å². The predicted octanol–water partition coefficient (Wildman–Crippen LogP) is 1.79. The van der Waals surface area contributed by atoms with E-state index in [9.17, 15) is 14.3 Å². The number of hydrogen-bond acceptors (Lipinski definition) is 5. The zero-order valence-electron chi connectivity index (χ0n) is 12.1. The van der Waals surface area contributed by atoms with Crippen molar-refractivity contribution < 1.29 is 14.3 Å². The molecule has 3 heterocycles. The molecule has 4 rings (SSSR count). The van der Waals surface area contributed by atoms with E-state index in [0.29, 0.717) is 17.2 Å². The van der Waals surface area contributed by atoms with E-state index in [-0.39, 0.29) is 11.5 Å². The van der Waals surface area contributed by atoms with Gasteiger partial charge in [-0.3, -0.25) is 5.10 Å². The number of hydrogen-bond donors (Lipinski definition) is 3. The van der Waals surface area contributed by atoms with Gasteiger partial charge in [-0.05, 0) is 30.3 Å². The van der Waals surface area contributed by atoms with E-state index in [0.717, 1.165) is 5.56 Å². The van der Waals surface area contributed by atoms with Gasteiger partial charge in [0.1, 0.15) is 23.9 Å². The Morgan fingerprint density at radius 3 is 2.83 bits per heavy atom. The number of rotatable bonds is 3. The topological polar surface area (TPSA) is 109 Å². The third-order valence-electron chi connectivity index (χ3n) is 3.76. The summed E-state index contributed by atoms with van der Waals surface area (Å²) in [5, 5.41) is 23.0. The highest BCUT2D eigenvalue weighted by Gasteiger charge is 2.28. The van der Waals surface area contributed by atoms with E-state index in [1.165, 1.54) is 24.5 Å². The Balaban J connectivity index is 1.84. The lowest BCUT2D eigenvalue weighted by Crippen LogP contribution is -2.24. The van der Waals surface area contributed by atoms with Crippen LogP contribution in [0, 0.1) is 5.82 Å². The average Bonchev–Trinajstić information content (AvgIpc) is 3.23. The van der Waals surface area contributed by atoms with Crippen LogP contribution in [0.5, 0.6) is 0 Å². The lowest BCUT2D eigenvalue weighted by atomic mass is 10.0. The van der Waals surface area contributed by atoms with Crippen LogP contribution in [0.4, 0.5) is 10.3 Å². The number of anilines is 1. The molecule has 0 saturated heterocycles. The smallest absolute Gasteiger partial charge is 0.352 e. The monoisotopic (exact) mass is 326 g/mol. The number of aromatic nitrogens is 5. The number of nitrogens with zero attached hydrogens (tertiary/aromatic N) is 4. The summed E-state index contributed by atoms with van der Waals surface area (Å²) in [6.07, 6.45) is 4.46. The quantitative estimate of drug-likeness (QED) is 0.677. The van der Waals surface area contributed by atoms with Crippen LogP contribution in [0.2, 0.25) is 0 Å². The summed E-state index contributed by atoms with van der Waals surface area (Å²) in [6, 6.07) is 5.44. The van der Waals surface area contributed by atoms with Crippen molar-refractivity contribution in [3.8, 4) is 11.3 Å². The number of aliphatic carboxylic acids is 1. The van der Waals surface area contributed by atoms with Crippen LogP contribution in [0.1, 0.15) is 11.6 Å². The number of H-pyrrole nitrogens is 1. The summed E-state index contributed by atoms with van der Waals surface area (Å²) in [6.45, 7) is 0. The Hall–Kier alpha value is -3.49. The molecule has 3 N–H and O–H groups in total. The minimum atomic E-state index is -1.10. The van der Waals surface area contributed by atoms with Crippen LogP contribution in [-0.4, -0.2) is 36.0 Å². The number of allylic oxidation sites excluding steroid dienone is 1. The van der Waals surface area contributed by atoms with Gasteiger partial charge in [0.15, 0.2) is 0 Å². The fraction of sp³-hybridized carbons (Fsp3) is 0.0667. The Bertz CT molecular complexity index is 943. The Labute approximate surface area is 134 Å². The van der Waals surface area contributed by atoms with Crippen LogP contribution < -0.4 is 5.32 Å². The zero-order chi connectivity index (χ0) is 16.7. The standard InChI is InChI=1S/C15H11FN6O2/c16-9-3-1-8(2-4-9)13-10(6-18-21-13)12-5-11(14(23)24)20-15-17-7-19-22(12)15/h1-7,12H,(H,18,21)(H,23,24)(H,17,19,20)/t12-/m0/s1. The third-order valence-corrected chi connectivity index (χ3v) is 3.76. The number of carbonyl (C=O) groups is 1. The molecule has 120 valence electrons. The maximum absolute atomic E-state index is 13.1. The van der Waals surface area contributed by atoms with Crippen molar-refractivity contribution in [3.63, 3.8) is 0 Å². The normalized spacial score (nSPS) is 16.2. The lowest BCUT2D eigenvalue weighted by Gasteiger charge is -2.22. The van der Waals surface area contributed by atoms with Gasteiger partial charge < -0.3 is 10.4 Å². The second kappa shape index (κ2) is 5.30. The fourth-order valence-corrected chi connectivity index (χ4v) is 2.65. The van der Waals surface area contributed by atoms with Gasteiger partial charge >= 0.3 is 5.97 Å². The van der Waals surface area contributed by atoms with Crippen LogP contribution in [0.15, 0.2) is 48.6 Å². The van der Waals surface area contributed by atoms with E-state index >= 15 is 0 Å². The highest BCUT2D eigenvalue weighted by atomic mass is 19.1. The van der Waals surface area contributed by atoms with Crippen LogP contribution in [0.25, 0.3) is 11.3 Å². The van der Waals surface area contributed by atoms with E-state index < -0.39 is 12.0 Å². The van der Waals surface area contributed by atoms with Crippen molar-refractivity contribution >= 4 is 11.9 Å². The molecule has 1 aliphatic heterocycles. The van der Waals surface area contributed by atoms with E-state index in [1.54, 1.807) is 23.0 Å². The number of nitrogens with one attached hydrogen (secondary N) is 2. The summed E-state index contributed by atoms with van der Waals surface area (Å²) in [4.78, 5) is 15.4. The molecule has 0 aliphatic carbocycles. The van der Waals surface area contributed by atoms with Gasteiger partial charge in [0, 0.05) is 11.1 Å². The molecular formula is C15H11FN6O2. The molecule has 1 aliphatic rings. The number of carboxylic acid groups (broad SMARTS) is 1. The first-order chi connectivity index (χ1) is 11.6. The predicted molar refractivity (Wildman–Crippen MR) is 81.5 cm³/mol. The van der Waals surface area contributed by atoms with Gasteiger partial charge in [0.2, 0.25) is 5.95 Å². The molecule has 3 aromatic rings. The highest BCUT2D eigenvalue weighted by Crippen LogP contribution is 2.33. The van der Waals surface area contributed by atoms with E-state index in [4.69, 9.17) is 0 Å². The molecule has 9 heteroatoms. The van der Waals surface area contributed by atoms with Crippen molar-refractivity contribution in [2.24, 2.45) is 0 Å². The molecule has 0 spiro atoms. The number of aromatic amines is 1. The maximum atomic E-state index is 13.1. The number of benzene rings is 1. The first kappa shape index (κ1) is 14.1. The molecule has 0 fully saturated rings. The maximum Gasteiger partial charge on any atom is 0.352 e. The van der Waals surface area contributed by atoms with Gasteiger partial charge in [-0.1, -0.05) is 0 Å². The first-order valence-electron chi connectivity index (χ1n) is 7.04. The summed E-state index contributed by atoms with van der Waals surface area (Å²) in [7, 11) is 0. The van der Waals surface area contributed by atoms with E-state index in [2.05, 4.69) is 25.6 Å². The highest BCUT2D eigenvalue weighted by molar-refractivity contribution is 5.90. The first-order valence-corrected chi connectivity index (χ1v) is 7.04. The summed E-state index contributed by atoms with van der Waals surface area (Å²) in [5.41, 5.74) is 2.10. The van der Waals surface area contributed by atoms with Crippen LogP contribution in [-0.2, 0) is 4.79 Å². The van der Waals surface area contributed by atoms with Crippen molar-refractivity contribution in [3.05, 3.63) is 59.9 Å². The van der Waals surface area contributed by atoms with Crippen LogP contribution in [0.3, 0.4) is 0 Å². The lowest BCUT2D eigenvalue weighted by molar-refractivity contribution is -0.132. The molecule has 0 saturated carbocycles. The molecule has 0 amide bonds. The van der Waals surface area contributed by atoms with E-state index in [1.807, 2.05) is 0 Å². The second-order valence-corrected chi connectivity index (χ2v) is 5.19. The molecule has 8 nitrogen and oxygen atoms in total. The molecule has 0 radical (unpaired) electrons. The van der Waals surface area contributed by atoms with Gasteiger partial charge in [0.05, 0.1) is 11.9 Å². The van der Waals surface area contributed by atoms with Gasteiger partial charge in [0.25, 0.3) is 0 Å². The molecule has 1 atom stereocenters. The van der Waals surface area contributed by atoms with Crippen molar-refractivity contribution in [2.75, 3.05) is 5.32 Å². The number of fused-ring (bicyclic) bond motifs is 1. The summed E-state index contributed by atoms with van der Waals surface area (Å²) in [5.74, 6) is -1.11. The number of halogens is 1. The van der Waals surface area contributed by atoms with Crippen molar-refractivity contribution in [1.29, 1.82) is 0 Å². The zero-order valence-corrected chi connectivity index (χ0v) is 12.1. The average molecular weight is 326 g/mol. The molecule has 24 heavy (non-hydrogen) atoms. The fourth-order valence-electron chi connectivity index (χ4n) is 2.65. The summed E-state index contributed by atoms with van der Waals surface area (Å²) < 4.78 is 14.7. The number of carboxylic acids is 1. The minimum Gasteiger partial charge on any atom is -0.477 e. The van der Waals surface area contributed by atoms with Gasteiger partial charge in [-0.15, -0.1) is 0 Å². The third kappa shape index (κ3) is 2.22. The Kier molecular flexibility index (Phi) is 3.12. The van der Waals surface area contributed by atoms with Crippen LogP contribution >= 0.6 is 0 Å². The molecule has 1 aromatic carbocycles. The minimum absolute atomic E-state index is 0.00626. The van der Waals surface area contributed by atoms with Gasteiger partial charge in [-0.2, -0.15) is 15.2 Å². The largest absolute Gasteiger partial charge is 0.477 e. The molecule has 0 bridgehead atoms. The Morgan fingerprint density at radius 1 is 1.29 bits per heavy atom. The Morgan fingerprint density at radius 2 is 2.08 bits per heavy atom. The molecule has 2 aromatic heterocycles. The summed E-state index contributed by atoms with van der Waals surface area (Å²) >= 11 is 0. The molecular weight excluding hydrogens is 315 g/mol. The van der Waals surface area contributed by atoms with Gasteiger partial charge in [-0.25, -0.2) is 13.9 Å². The molecule has 0 unspecified atom stereocenters. The SMILES string of the molecule is O=C(O)C1=C[C@@H](c2cn[nH]c2-c2ccc(F)cc2)n2ncnc2N1. The second-order valence-electron chi connectivity index (χ2n) is 5.19. The van der Waals surface area contributed by atoms with Crippen molar-refractivity contribution in [1.82, 2.24) is 25.0 Å².